The van der Waals surface area contributed by atoms with Crippen molar-refractivity contribution in [1.82, 2.24) is 0 Å². The third-order valence-corrected chi connectivity index (χ3v) is 6.19. The Hall–Kier alpha value is -3.01. The lowest BCUT2D eigenvalue weighted by atomic mass is 9.97. The van der Waals surface area contributed by atoms with Gasteiger partial charge in [-0.2, -0.15) is 27.1 Å². The van der Waals surface area contributed by atoms with E-state index in [4.69, 9.17) is 0 Å². The van der Waals surface area contributed by atoms with Crippen LogP contribution in [0.3, 0.4) is 0 Å². The summed E-state index contributed by atoms with van der Waals surface area (Å²) in [7, 11) is 0. The van der Waals surface area contributed by atoms with Gasteiger partial charge in [0, 0.05) is 22.9 Å². The van der Waals surface area contributed by atoms with E-state index in [9.17, 15) is 30.7 Å². The molecule has 0 spiro atoms. The van der Waals surface area contributed by atoms with E-state index in [-0.39, 0.29) is 11.3 Å². The van der Waals surface area contributed by atoms with Crippen LogP contribution in [0.2, 0.25) is 0 Å². The van der Waals surface area contributed by atoms with E-state index in [1.807, 2.05) is 30.5 Å². The number of nitrogens with zero attached hydrogens (tertiary/aromatic N) is 2. The maximum Gasteiger partial charge on any atom is 0.459 e. The quantitative estimate of drug-likeness (QED) is 0.263. The van der Waals surface area contributed by atoms with Crippen LogP contribution in [0.5, 0.6) is 0 Å². The molecule has 1 unspecified atom stereocenters. The number of hydrogen-bond donors (Lipinski definition) is 0. The van der Waals surface area contributed by atoms with Gasteiger partial charge >= 0.3 is 12.1 Å². The average Bonchev–Trinajstić information content (AvgIpc) is 3.24. The highest BCUT2D eigenvalue weighted by Gasteiger charge is 2.63. The molecule has 0 saturated carbocycles. The Labute approximate surface area is 195 Å². The lowest BCUT2D eigenvalue weighted by Gasteiger charge is -2.25. The van der Waals surface area contributed by atoms with E-state index in [1.54, 1.807) is 18.2 Å². The first-order valence-electron chi connectivity index (χ1n) is 10.0. The molecule has 0 saturated heterocycles. The van der Waals surface area contributed by atoms with Crippen LogP contribution < -0.4 is 5.01 Å². The van der Waals surface area contributed by atoms with Crippen LogP contribution in [0.4, 0.5) is 36.4 Å². The first-order valence-corrected chi connectivity index (χ1v) is 11.2. The minimum absolute atomic E-state index is 0.189. The molecule has 1 aliphatic rings. The van der Waals surface area contributed by atoms with Gasteiger partial charge in [0.1, 0.15) is 17.3 Å². The zero-order valence-corrected chi connectivity index (χ0v) is 18.4. The Kier molecular flexibility index (Phi) is 6.37. The largest absolute Gasteiger partial charge is 0.459 e. The third-order valence-electron chi connectivity index (χ3n) is 5.46. The first kappa shape index (κ1) is 24.1. The fraction of sp³-hybridized carbons (Fsp3) is 0.208. The zero-order valence-electron chi connectivity index (χ0n) is 17.6. The van der Waals surface area contributed by atoms with Crippen LogP contribution >= 0.6 is 11.8 Å². The lowest BCUT2D eigenvalue weighted by Crippen LogP contribution is -2.43. The van der Waals surface area contributed by atoms with Gasteiger partial charge in [-0.3, -0.25) is 5.01 Å². The zero-order chi connectivity index (χ0) is 24.7. The van der Waals surface area contributed by atoms with Gasteiger partial charge in [0.25, 0.3) is 0 Å². The van der Waals surface area contributed by atoms with Crippen molar-refractivity contribution in [2.24, 2.45) is 5.10 Å². The summed E-state index contributed by atoms with van der Waals surface area (Å²) in [6.07, 6.45) is -4.85. The molecule has 0 amide bonds. The monoisotopic (exact) mass is 498 g/mol. The Morgan fingerprint density at radius 1 is 0.882 bits per heavy atom. The normalized spacial score (nSPS) is 16.6. The van der Waals surface area contributed by atoms with Gasteiger partial charge in [0.05, 0.1) is 11.7 Å². The minimum Gasteiger partial charge on any atom is -0.257 e. The van der Waals surface area contributed by atoms with Gasteiger partial charge in [-0.15, -0.1) is 11.8 Å². The molecule has 1 heterocycles. The van der Waals surface area contributed by atoms with Gasteiger partial charge in [0.2, 0.25) is 0 Å². The highest BCUT2D eigenvalue weighted by Crippen LogP contribution is 2.45. The van der Waals surface area contributed by atoms with Crippen LogP contribution in [0, 0.1) is 11.6 Å². The van der Waals surface area contributed by atoms with Gasteiger partial charge in [0.15, 0.2) is 0 Å². The number of halogens is 7. The van der Waals surface area contributed by atoms with Crippen molar-refractivity contribution in [3.05, 3.63) is 83.9 Å². The van der Waals surface area contributed by atoms with Gasteiger partial charge in [-0.05, 0) is 47.7 Å². The molecule has 0 fully saturated rings. The molecule has 0 bridgehead atoms. The topological polar surface area (TPSA) is 15.6 Å². The maximum absolute atomic E-state index is 14.5. The second-order valence-electron chi connectivity index (χ2n) is 7.63. The molecule has 3 aromatic carbocycles. The van der Waals surface area contributed by atoms with E-state index in [1.165, 1.54) is 17.8 Å². The molecule has 34 heavy (non-hydrogen) atoms. The van der Waals surface area contributed by atoms with Crippen molar-refractivity contribution < 1.29 is 30.7 Å². The molecule has 1 aliphatic heterocycles. The minimum atomic E-state index is -5.87. The summed E-state index contributed by atoms with van der Waals surface area (Å²) in [4.78, 5) is 0.973. The highest BCUT2D eigenvalue weighted by molar-refractivity contribution is 7.98. The number of hydrazone groups is 1. The van der Waals surface area contributed by atoms with Crippen LogP contribution in [-0.2, 0) is 0 Å². The molecule has 10 heteroatoms. The smallest absolute Gasteiger partial charge is 0.257 e. The van der Waals surface area contributed by atoms with E-state index in [0.717, 1.165) is 27.6 Å². The Morgan fingerprint density at radius 2 is 1.56 bits per heavy atom. The third kappa shape index (κ3) is 4.51. The highest BCUT2D eigenvalue weighted by atomic mass is 32.2. The molecular weight excluding hydrogens is 481 g/mol. The van der Waals surface area contributed by atoms with Crippen molar-refractivity contribution in [2.45, 2.75) is 29.5 Å². The molecule has 1 atom stereocenters. The van der Waals surface area contributed by atoms with E-state index in [2.05, 4.69) is 5.10 Å². The number of rotatable bonds is 5. The van der Waals surface area contributed by atoms with Crippen molar-refractivity contribution in [3.63, 3.8) is 0 Å². The Bertz CT molecular complexity index is 1240. The van der Waals surface area contributed by atoms with E-state index < -0.39 is 41.9 Å². The molecule has 2 nitrogen and oxygen atoms in total. The Balaban J connectivity index is 1.81. The standard InChI is InChI=1S/C24H17F7N2S/c1-34-18-7-3-5-15(11-18)14-4-2-6-17(10-14)33-21(19-9-8-16(25)12-20(19)26)13-22(32-33)23(27,28)24(29,30)31/h2-12,21H,13H2,1H3. The average molecular weight is 498 g/mol. The molecular formula is C24H17F7N2S. The van der Waals surface area contributed by atoms with Gasteiger partial charge in [-0.1, -0.05) is 30.3 Å². The SMILES string of the molecule is CSc1cccc(-c2cccc(N3N=C(C(F)(F)C(F)(F)F)CC3c3ccc(F)cc3F)c2)c1. The van der Waals surface area contributed by atoms with E-state index in [0.29, 0.717) is 11.6 Å². The van der Waals surface area contributed by atoms with Crippen molar-refractivity contribution >= 4 is 23.2 Å². The fourth-order valence-corrected chi connectivity index (χ4v) is 4.21. The summed E-state index contributed by atoms with van der Waals surface area (Å²) in [6.45, 7) is 0. The second kappa shape index (κ2) is 8.98. The number of thioether (sulfide) groups is 1. The predicted octanol–water partition coefficient (Wildman–Crippen LogP) is 7.86. The van der Waals surface area contributed by atoms with Crippen molar-refractivity contribution in [1.29, 1.82) is 0 Å². The van der Waals surface area contributed by atoms with E-state index >= 15 is 0 Å². The van der Waals surface area contributed by atoms with Gasteiger partial charge in [-0.25, -0.2) is 8.78 Å². The van der Waals surface area contributed by atoms with Crippen LogP contribution in [-0.4, -0.2) is 24.1 Å². The number of alkyl halides is 5. The maximum atomic E-state index is 14.5. The summed E-state index contributed by atoms with van der Waals surface area (Å²) in [5.74, 6) is -7.17. The predicted molar refractivity (Wildman–Crippen MR) is 118 cm³/mol. The van der Waals surface area contributed by atoms with Gasteiger partial charge < -0.3 is 0 Å². The molecule has 178 valence electrons. The molecule has 0 N–H and O–H groups in total. The number of hydrogen-bond acceptors (Lipinski definition) is 3. The summed E-state index contributed by atoms with van der Waals surface area (Å²) < 4.78 is 95.5. The molecule has 0 radical (unpaired) electrons. The van der Waals surface area contributed by atoms with Crippen LogP contribution in [0.25, 0.3) is 11.1 Å². The summed E-state index contributed by atoms with van der Waals surface area (Å²) >= 11 is 1.52. The van der Waals surface area contributed by atoms with Crippen LogP contribution in [0.15, 0.2) is 76.7 Å². The van der Waals surface area contributed by atoms with Crippen LogP contribution in [0.1, 0.15) is 18.0 Å². The lowest BCUT2D eigenvalue weighted by molar-refractivity contribution is -0.249. The van der Waals surface area contributed by atoms with Crippen molar-refractivity contribution in [2.75, 3.05) is 11.3 Å². The molecule has 3 aromatic rings. The first-order chi connectivity index (χ1) is 16.0. The molecule has 0 aromatic heterocycles. The summed E-state index contributed by atoms with van der Waals surface area (Å²) in [6, 6.07) is 15.0. The molecule has 0 aliphatic carbocycles. The van der Waals surface area contributed by atoms with Crippen molar-refractivity contribution in [3.8, 4) is 11.1 Å². The summed E-state index contributed by atoms with van der Waals surface area (Å²) in [5, 5.41) is 4.54. The number of anilines is 1. The Morgan fingerprint density at radius 3 is 2.21 bits per heavy atom. The molecule has 4 rings (SSSR count). The fourth-order valence-electron chi connectivity index (χ4n) is 3.75. The summed E-state index contributed by atoms with van der Waals surface area (Å²) in [5.41, 5.74) is -0.0367. The number of benzene rings is 3. The second-order valence-corrected chi connectivity index (χ2v) is 8.51.